The molecule has 8 bridgehead atoms. The molecule has 8 amide bonds. The number of hydrogen-bond donors (Lipinski definition) is 2. The number of fused-ring (bicyclic) bond motifs is 20. The molecule has 0 atom stereocenters. The van der Waals surface area contributed by atoms with Gasteiger partial charge in [0.1, 0.15) is 111 Å². The van der Waals surface area contributed by atoms with E-state index < -0.39 is 47.3 Å². The molecule has 2 N–H and O–H groups in total. The Bertz CT molecular complexity index is 6180. The van der Waals surface area contributed by atoms with Gasteiger partial charge in [0.15, 0.2) is 69.2 Å². The molecule has 11 aromatic heterocycles. The second kappa shape index (κ2) is 28.8. The molecule has 0 saturated carbocycles. The Kier molecular flexibility index (Phi) is 18.2. The number of thioether (sulfide) groups is 4. The lowest BCUT2D eigenvalue weighted by Gasteiger charge is -2.28. The zero-order chi connectivity index (χ0) is 78.8. The Labute approximate surface area is 705 Å². The predicted octanol–water partition coefficient (Wildman–Crippen LogP) is 10.4. The lowest BCUT2D eigenvalue weighted by Crippen LogP contribution is -2.39. The van der Waals surface area contributed by atoms with Crippen molar-refractivity contribution in [2.45, 2.75) is 0 Å². The van der Waals surface area contributed by atoms with Crippen LogP contribution >= 0.6 is 139 Å². The molecule has 116 heavy (non-hydrogen) atoms. The fraction of sp³-hybridized carbons (Fsp3) is 0.222. The van der Waals surface area contributed by atoms with Crippen LogP contribution in [0.3, 0.4) is 0 Å². The van der Waals surface area contributed by atoms with Crippen LogP contribution in [-0.4, -0.2) is 245 Å². The number of H-pyrrole nitrogens is 2. The zero-order valence-electron chi connectivity index (χ0n) is 59.1. The van der Waals surface area contributed by atoms with Gasteiger partial charge < -0.3 is 29.6 Å². The van der Waals surface area contributed by atoms with Gasteiger partial charge in [-0.1, -0.05) is 70.7 Å². The zero-order valence-corrected chi connectivity index (χ0v) is 68.7. The van der Waals surface area contributed by atoms with Crippen LogP contribution in [0.25, 0.3) is 133 Å². The maximum Gasteiger partial charge on any atom is 0.284 e. The fourth-order valence-electron chi connectivity index (χ4n) is 14.8. The summed E-state index contributed by atoms with van der Waals surface area (Å²) in [6.07, 6.45) is 0. The van der Waals surface area contributed by atoms with Crippen molar-refractivity contribution in [3.8, 4) is 88.4 Å². The number of thiophene rings is 4. The van der Waals surface area contributed by atoms with Gasteiger partial charge in [0.2, 0.25) is 0 Å². The number of nitrogens with one attached hydrogen (secondary N) is 2. The van der Waals surface area contributed by atoms with Crippen LogP contribution < -0.4 is 19.6 Å². The molecule has 0 aromatic carbocycles. The number of rotatable bonds is 12. The average Bonchev–Trinajstić information content (AvgIpc) is 1.57. The first-order valence-corrected chi connectivity index (χ1v) is 45.3. The van der Waals surface area contributed by atoms with Crippen LogP contribution in [-0.2, 0) is 38.4 Å². The number of amides is 8. The Morgan fingerprint density at radius 1 is 0.267 bits per heavy atom. The molecule has 10 aliphatic rings. The van der Waals surface area contributed by atoms with E-state index in [1.165, 1.54) is 45.3 Å². The average molecular weight is 1770 g/mol. The molecular weight excluding hydrogens is 1730 g/mol. The van der Waals surface area contributed by atoms with Gasteiger partial charge in [-0.15, -0.1) is 45.3 Å². The Morgan fingerprint density at radius 3 is 0.750 bits per heavy atom. The maximum absolute atomic E-state index is 15.2. The van der Waals surface area contributed by atoms with Crippen LogP contribution in [0.5, 0.6) is 0 Å². The van der Waals surface area contributed by atoms with Crippen LogP contribution in [0.4, 0.5) is 23.3 Å². The number of anilines is 4. The van der Waals surface area contributed by atoms with E-state index >= 15 is 19.2 Å². The smallest absolute Gasteiger partial charge is 0.284 e. The number of halogens is 4. The summed E-state index contributed by atoms with van der Waals surface area (Å²) in [6, 6.07) is 14.0. The lowest BCUT2D eigenvalue weighted by atomic mass is 10.2. The maximum atomic E-state index is 15.2. The number of imide groups is 4. The summed E-state index contributed by atoms with van der Waals surface area (Å²) in [7, 11) is 0. The Morgan fingerprint density at radius 2 is 0.500 bits per heavy atom. The highest BCUT2D eigenvalue weighted by Crippen LogP contribution is 2.48. The van der Waals surface area contributed by atoms with E-state index in [2.05, 4.69) is 9.97 Å². The minimum Gasteiger partial charge on any atom is -0.364 e. The minimum atomic E-state index is -0.869. The minimum absolute atomic E-state index is 0.00467. The van der Waals surface area contributed by atoms with E-state index in [1.807, 2.05) is 0 Å². The molecule has 4 saturated heterocycles. The van der Waals surface area contributed by atoms with Gasteiger partial charge in [0, 0.05) is 98.4 Å². The molecule has 0 spiro atoms. The highest BCUT2D eigenvalue weighted by molar-refractivity contribution is 8.00. The summed E-state index contributed by atoms with van der Waals surface area (Å²) in [5.74, 6) is -3.11. The monoisotopic (exact) mass is 1770 g/mol. The van der Waals surface area contributed by atoms with Crippen LogP contribution in [0.2, 0.25) is 0 Å². The molecule has 578 valence electrons. The number of carbonyl (C=O) groups is 8. The molecule has 0 aliphatic carbocycles. The van der Waals surface area contributed by atoms with E-state index in [1.54, 1.807) is 137 Å². The third-order valence-corrected chi connectivity index (χ3v) is 28.9. The quantitative estimate of drug-likeness (QED) is 0.107. The van der Waals surface area contributed by atoms with E-state index in [0.717, 1.165) is 19.6 Å². The number of nitrogens with zero attached hydrogens (tertiary/aromatic N) is 22. The summed E-state index contributed by atoms with van der Waals surface area (Å²) in [5.41, 5.74) is -1.32. The van der Waals surface area contributed by atoms with Gasteiger partial charge in [-0.3, -0.25) is 38.4 Å². The van der Waals surface area contributed by atoms with Gasteiger partial charge in [-0.25, -0.2) is 89.4 Å². The molecule has 4 fully saturated rings. The second-order valence-electron chi connectivity index (χ2n) is 26.7. The fourth-order valence-corrected chi connectivity index (χ4v) is 22.4. The van der Waals surface area contributed by atoms with E-state index in [9.17, 15) is 19.2 Å². The Hall–Kier alpha value is -10.2. The topological polar surface area (TPSA) is 375 Å². The summed E-state index contributed by atoms with van der Waals surface area (Å²) in [5, 5.41) is 5.84. The van der Waals surface area contributed by atoms with Crippen molar-refractivity contribution in [2.24, 2.45) is 0 Å². The van der Waals surface area contributed by atoms with Crippen molar-refractivity contribution in [1.29, 1.82) is 0 Å². The number of hydrogen-bond acceptors (Lipinski definition) is 34. The van der Waals surface area contributed by atoms with Crippen molar-refractivity contribution in [3.63, 3.8) is 0 Å². The van der Waals surface area contributed by atoms with Crippen molar-refractivity contribution in [2.75, 3.05) is 118 Å². The molecule has 32 nitrogen and oxygen atoms in total. The van der Waals surface area contributed by atoms with E-state index in [0.29, 0.717) is 118 Å². The summed E-state index contributed by atoms with van der Waals surface area (Å²) in [6.45, 7) is 3.41. The first-order chi connectivity index (χ1) is 56.5. The summed E-state index contributed by atoms with van der Waals surface area (Å²) in [4.78, 5) is 213. The van der Waals surface area contributed by atoms with Crippen molar-refractivity contribution >= 4 is 254 Å². The molecule has 0 radical (unpaired) electrons. The number of carbonyl (C=O) groups excluding carboxylic acids is 8. The predicted molar refractivity (Wildman–Crippen MR) is 449 cm³/mol. The van der Waals surface area contributed by atoms with Gasteiger partial charge in [0.25, 0.3) is 47.3 Å². The number of aromatic nitrogens is 16. The molecule has 21 rings (SSSR count). The molecule has 21 heterocycles. The molecule has 10 aliphatic heterocycles. The molecular formula is C72H46Cl4N24O8S8. The third kappa shape index (κ3) is 11.7. The third-order valence-electron chi connectivity index (χ3n) is 20.2. The van der Waals surface area contributed by atoms with Gasteiger partial charge in [-0.2, -0.15) is 47.0 Å². The van der Waals surface area contributed by atoms with Crippen molar-refractivity contribution < 1.29 is 38.4 Å². The van der Waals surface area contributed by atoms with E-state index in [-0.39, 0.29) is 180 Å². The second-order valence-corrected chi connectivity index (χ2v) is 36.9. The van der Waals surface area contributed by atoms with Gasteiger partial charge in [-0.05, 0) is 45.8 Å². The first kappa shape index (κ1) is 73.4. The Balaban J connectivity index is 0.872. The molecule has 0 unspecified atom stereocenters. The lowest BCUT2D eigenvalue weighted by molar-refractivity contribution is -0.122. The largest absolute Gasteiger partial charge is 0.364 e. The highest BCUT2D eigenvalue weighted by Gasteiger charge is 2.50. The highest BCUT2D eigenvalue weighted by atomic mass is 35.5. The van der Waals surface area contributed by atoms with Gasteiger partial charge >= 0.3 is 0 Å². The summed E-state index contributed by atoms with van der Waals surface area (Å²) < 4.78 is 0. The SMILES string of the molecule is O=C1C(Cl)=C(N2CCSCC2)C(=O)N1c1nc2c(nc1-c1cccs1)-c1nc-2nc2[nH]c(nc3nc(nc4[nH]c(n1)c1nc(N5C(=O)C(Cl)=C(N6CCSCC6)C5=O)c(-c5cccs5)nc41)-c1nc(N4C(=O)C(Cl)=C(N5CCSCC5)C4=O)c(-c4cccs4)nc1-3)c1nc(N3C(=O)C(Cl)=C(N4CCSCC4)C3=O)c(-c3cccs3)nc21. The van der Waals surface area contributed by atoms with Crippen LogP contribution in [0.15, 0.2) is 113 Å². The first-order valence-electron chi connectivity index (χ1n) is 35.6. The summed E-state index contributed by atoms with van der Waals surface area (Å²) >= 11 is 39.7. The van der Waals surface area contributed by atoms with Gasteiger partial charge in [0.05, 0.1) is 19.5 Å². The van der Waals surface area contributed by atoms with Crippen LogP contribution in [0.1, 0.15) is 0 Å². The van der Waals surface area contributed by atoms with Crippen molar-refractivity contribution in [1.82, 2.24) is 99.3 Å². The van der Waals surface area contributed by atoms with Crippen LogP contribution in [0, 0.1) is 0 Å². The van der Waals surface area contributed by atoms with Crippen molar-refractivity contribution in [3.05, 3.63) is 113 Å². The van der Waals surface area contributed by atoms with E-state index in [4.69, 9.17) is 116 Å². The molecule has 44 heteroatoms. The standard InChI is InChI=1S/C72H46Cl4N24O8S8/c73-33-49(93-9-21-109-22-10-93)69(105)97(65(33)101)61-37(29-5-1-17-113-29)77-41-45(81-61)57-85-53(41)89-58-46-42(78-38(30-6-2-18-114-30)62(82-46)98-66(102)34(74)50(70(98)106)94-11-23-110-24-12-94)55(86-58)91-60-48-44(80-40(32-8-4-20-116-32)64(84-48)100-68(104)36(76)52(72(100)108)96-15-27-112-28-16-96)56(88-60)92-59-47-43(54(87-59)90-57)79-39(31-7-3-19-115-31)63(83-47)99-67(103)35(75)51(71(99)107)95-13-25-111-26-14-95/h1-8,17-20H,9-16,21-28H2,(H2,85,86,87,88,89,90,91,92). The molecule has 11 aromatic rings. The number of aromatic amines is 2. The normalized spacial score (nSPS) is 18.4.